The van der Waals surface area contributed by atoms with E-state index in [4.69, 9.17) is 10.00 Å². The molecule has 1 aliphatic rings. The van der Waals surface area contributed by atoms with E-state index in [1.807, 2.05) is 6.92 Å². The summed E-state index contributed by atoms with van der Waals surface area (Å²) < 4.78 is 5.30. The first-order valence-corrected chi connectivity index (χ1v) is 3.54. The van der Waals surface area contributed by atoms with Crippen LogP contribution in [0.3, 0.4) is 0 Å². The third-order valence-corrected chi connectivity index (χ3v) is 1.62. The predicted octanol–water partition coefficient (Wildman–Crippen LogP) is 0.231. The number of ether oxygens (including phenoxy) is 1. The molecule has 0 aromatic heterocycles. The Morgan fingerprint density at radius 1 is 1.80 bits per heavy atom. The van der Waals surface area contributed by atoms with E-state index in [9.17, 15) is 0 Å². The monoisotopic (exact) mass is 140 g/mol. The summed E-state index contributed by atoms with van der Waals surface area (Å²) in [6, 6.07) is 2.13. The van der Waals surface area contributed by atoms with Gasteiger partial charge in [0.25, 0.3) is 0 Å². The summed E-state index contributed by atoms with van der Waals surface area (Å²) >= 11 is 0. The van der Waals surface area contributed by atoms with Gasteiger partial charge in [-0.05, 0) is 6.92 Å². The molecule has 0 radical (unpaired) electrons. The Bertz CT molecular complexity index is 141. The largest absolute Gasteiger partial charge is 0.376 e. The Labute approximate surface area is 61.2 Å². The van der Waals surface area contributed by atoms with Gasteiger partial charge in [0.15, 0.2) is 0 Å². The minimum atomic E-state index is 0.294. The van der Waals surface area contributed by atoms with Crippen molar-refractivity contribution >= 4 is 0 Å². The van der Waals surface area contributed by atoms with Crippen molar-refractivity contribution in [3.63, 3.8) is 0 Å². The maximum Gasteiger partial charge on any atom is 0.0867 e. The van der Waals surface area contributed by atoms with Crippen molar-refractivity contribution in [3.05, 3.63) is 0 Å². The van der Waals surface area contributed by atoms with Gasteiger partial charge in [-0.1, -0.05) is 0 Å². The van der Waals surface area contributed by atoms with E-state index in [2.05, 4.69) is 11.0 Å². The second-order valence-electron chi connectivity index (χ2n) is 2.57. The Morgan fingerprint density at radius 2 is 2.60 bits per heavy atom. The second-order valence-corrected chi connectivity index (χ2v) is 2.57. The zero-order valence-corrected chi connectivity index (χ0v) is 6.21. The third-order valence-electron chi connectivity index (χ3n) is 1.62. The van der Waals surface area contributed by atoms with Gasteiger partial charge in [-0.25, -0.2) is 0 Å². The van der Waals surface area contributed by atoms with E-state index in [-0.39, 0.29) is 0 Å². The van der Waals surface area contributed by atoms with Crippen LogP contribution in [0, 0.1) is 11.3 Å². The molecule has 1 fully saturated rings. The highest BCUT2D eigenvalue weighted by Gasteiger charge is 2.15. The van der Waals surface area contributed by atoms with Crippen LogP contribution in [0.15, 0.2) is 0 Å². The highest BCUT2D eigenvalue weighted by Crippen LogP contribution is 2.02. The van der Waals surface area contributed by atoms with E-state index in [0.717, 1.165) is 19.7 Å². The summed E-state index contributed by atoms with van der Waals surface area (Å²) in [4.78, 5) is 2.11. The van der Waals surface area contributed by atoms with Gasteiger partial charge in [0.1, 0.15) is 0 Å². The predicted molar refractivity (Wildman–Crippen MR) is 37.5 cm³/mol. The molecular weight excluding hydrogens is 128 g/mol. The highest BCUT2D eigenvalue weighted by molar-refractivity contribution is 4.79. The van der Waals surface area contributed by atoms with Crippen molar-refractivity contribution < 1.29 is 4.74 Å². The lowest BCUT2D eigenvalue weighted by atomic mass is 10.3. The van der Waals surface area contributed by atoms with Gasteiger partial charge >= 0.3 is 0 Å². The van der Waals surface area contributed by atoms with Crippen LogP contribution in [0.2, 0.25) is 0 Å². The molecule has 0 spiro atoms. The summed E-state index contributed by atoms with van der Waals surface area (Å²) in [5, 5.41) is 8.37. The van der Waals surface area contributed by atoms with Crippen LogP contribution in [-0.4, -0.2) is 37.2 Å². The summed E-state index contributed by atoms with van der Waals surface area (Å²) in [6.45, 7) is 5.13. The van der Waals surface area contributed by atoms with E-state index in [0.29, 0.717) is 12.6 Å². The minimum absolute atomic E-state index is 0.294. The molecule has 1 aliphatic heterocycles. The Hall–Kier alpha value is -0.590. The number of nitrogens with zero attached hydrogens (tertiary/aromatic N) is 2. The first kappa shape index (κ1) is 7.52. The lowest BCUT2D eigenvalue weighted by molar-refractivity contribution is -0.0134. The fourth-order valence-electron chi connectivity index (χ4n) is 1.13. The molecule has 56 valence electrons. The molecule has 0 bridgehead atoms. The van der Waals surface area contributed by atoms with Gasteiger partial charge in [0.05, 0.1) is 25.3 Å². The Kier molecular flexibility index (Phi) is 2.67. The lowest BCUT2D eigenvalue weighted by Crippen LogP contribution is -2.41. The van der Waals surface area contributed by atoms with Crippen LogP contribution in [0.1, 0.15) is 6.92 Å². The molecule has 0 amide bonds. The van der Waals surface area contributed by atoms with Crippen LogP contribution in [0.4, 0.5) is 0 Å². The number of nitriles is 1. The molecule has 0 aromatic rings. The van der Waals surface area contributed by atoms with Crippen molar-refractivity contribution in [3.8, 4) is 6.07 Å². The maximum absolute atomic E-state index is 8.37. The molecule has 10 heavy (non-hydrogen) atoms. The summed E-state index contributed by atoms with van der Waals surface area (Å²) in [5.74, 6) is 0. The zero-order valence-electron chi connectivity index (χ0n) is 6.21. The molecule has 0 aliphatic carbocycles. The van der Waals surface area contributed by atoms with Gasteiger partial charge in [0, 0.05) is 13.1 Å². The number of hydrogen-bond acceptors (Lipinski definition) is 3. The number of hydrogen-bond donors (Lipinski definition) is 0. The van der Waals surface area contributed by atoms with E-state index in [1.165, 1.54) is 0 Å². The van der Waals surface area contributed by atoms with Crippen molar-refractivity contribution in [2.24, 2.45) is 0 Å². The second kappa shape index (κ2) is 3.55. The third kappa shape index (κ3) is 1.98. The van der Waals surface area contributed by atoms with Crippen LogP contribution in [0.25, 0.3) is 0 Å². The average Bonchev–Trinajstić information content (AvgIpc) is 1.88. The lowest BCUT2D eigenvalue weighted by Gasteiger charge is -2.28. The minimum Gasteiger partial charge on any atom is -0.376 e. The van der Waals surface area contributed by atoms with Gasteiger partial charge in [-0.3, -0.25) is 4.90 Å². The molecule has 1 rings (SSSR count). The Morgan fingerprint density at radius 3 is 3.20 bits per heavy atom. The van der Waals surface area contributed by atoms with E-state index in [1.54, 1.807) is 0 Å². The topological polar surface area (TPSA) is 36.3 Å². The van der Waals surface area contributed by atoms with Crippen molar-refractivity contribution in [1.82, 2.24) is 4.90 Å². The zero-order chi connectivity index (χ0) is 7.40. The van der Waals surface area contributed by atoms with E-state index < -0.39 is 0 Å². The first-order chi connectivity index (χ1) is 4.83. The SMILES string of the molecule is C[C@@H]1CN(CC#N)CCO1. The van der Waals surface area contributed by atoms with Crippen LogP contribution >= 0.6 is 0 Å². The highest BCUT2D eigenvalue weighted by atomic mass is 16.5. The van der Waals surface area contributed by atoms with Crippen LogP contribution in [-0.2, 0) is 4.74 Å². The molecular formula is C7H12N2O. The van der Waals surface area contributed by atoms with Gasteiger partial charge in [-0.2, -0.15) is 5.26 Å². The fraction of sp³-hybridized carbons (Fsp3) is 0.857. The maximum atomic E-state index is 8.37. The van der Waals surface area contributed by atoms with Crippen LogP contribution < -0.4 is 0 Å². The number of rotatable bonds is 1. The fourth-order valence-corrected chi connectivity index (χ4v) is 1.13. The summed E-state index contributed by atoms with van der Waals surface area (Å²) in [6.07, 6.45) is 0.294. The van der Waals surface area contributed by atoms with Gasteiger partial charge in [-0.15, -0.1) is 0 Å². The molecule has 0 unspecified atom stereocenters. The van der Waals surface area contributed by atoms with Gasteiger partial charge in [0.2, 0.25) is 0 Å². The molecule has 0 saturated carbocycles. The average molecular weight is 140 g/mol. The molecule has 1 heterocycles. The smallest absolute Gasteiger partial charge is 0.0867 e. The normalized spacial score (nSPS) is 27.8. The first-order valence-electron chi connectivity index (χ1n) is 3.54. The molecule has 3 heteroatoms. The number of morpholine rings is 1. The molecule has 1 atom stereocenters. The van der Waals surface area contributed by atoms with Crippen molar-refractivity contribution in [2.45, 2.75) is 13.0 Å². The molecule has 3 nitrogen and oxygen atoms in total. The van der Waals surface area contributed by atoms with Gasteiger partial charge < -0.3 is 4.74 Å². The molecule has 1 saturated heterocycles. The molecule has 0 N–H and O–H groups in total. The summed E-state index contributed by atoms with van der Waals surface area (Å²) in [7, 11) is 0. The van der Waals surface area contributed by atoms with Crippen molar-refractivity contribution in [1.29, 1.82) is 5.26 Å². The van der Waals surface area contributed by atoms with Crippen molar-refractivity contribution in [2.75, 3.05) is 26.2 Å². The quantitative estimate of drug-likeness (QED) is 0.489. The summed E-state index contributed by atoms with van der Waals surface area (Å²) in [5.41, 5.74) is 0. The van der Waals surface area contributed by atoms with Crippen LogP contribution in [0.5, 0.6) is 0 Å². The standard InChI is InChI=1S/C7H12N2O/c1-7-6-9(3-2-8)4-5-10-7/h7H,3-6H2,1H3/t7-/m1/s1. The van der Waals surface area contributed by atoms with E-state index >= 15 is 0 Å². The Balaban J connectivity index is 2.27. The molecule has 0 aromatic carbocycles.